The van der Waals surface area contributed by atoms with Crippen LogP contribution in [0.4, 0.5) is 0 Å². The van der Waals surface area contributed by atoms with Crippen LogP contribution in [0.1, 0.15) is 42.5 Å². The van der Waals surface area contributed by atoms with Crippen molar-refractivity contribution in [3.63, 3.8) is 0 Å². The van der Waals surface area contributed by atoms with Gasteiger partial charge >= 0.3 is 0 Å². The lowest BCUT2D eigenvalue weighted by atomic mass is 9.95. The Balaban J connectivity index is 2.20. The molecule has 0 amide bonds. The Labute approximate surface area is 120 Å². The average Bonchev–Trinajstić information content (AvgIpc) is 2.46. The monoisotopic (exact) mass is 273 g/mol. The van der Waals surface area contributed by atoms with E-state index < -0.39 is 0 Å². The lowest BCUT2D eigenvalue weighted by Crippen LogP contribution is -2.14. The third-order valence-electron chi connectivity index (χ3n) is 3.39. The first kappa shape index (κ1) is 14.1. The van der Waals surface area contributed by atoms with Crippen LogP contribution in [-0.4, -0.2) is 0 Å². The number of benzene rings is 2. The number of halogens is 1. The Bertz CT molecular complexity index is 508. The summed E-state index contributed by atoms with van der Waals surface area (Å²) in [5.41, 5.74) is 3.88. The Kier molecular flexibility index (Phi) is 5.00. The summed E-state index contributed by atoms with van der Waals surface area (Å²) in [6, 6.07) is 19.2. The second-order valence-electron chi connectivity index (χ2n) is 5.18. The van der Waals surface area contributed by atoms with E-state index in [1.54, 1.807) is 0 Å². The van der Waals surface area contributed by atoms with Crippen molar-refractivity contribution >= 4 is 11.8 Å². The molecule has 0 fully saturated rings. The third kappa shape index (κ3) is 3.82. The predicted molar refractivity (Wildman–Crippen MR) is 82.4 cm³/mol. The predicted octanol–water partition coefficient (Wildman–Crippen LogP) is 4.84. The quantitative estimate of drug-likeness (QED) is 0.769. The van der Waals surface area contributed by atoms with E-state index >= 15 is 0 Å². The maximum Gasteiger partial charge on any atom is 0.0510 e. The molecule has 2 aromatic rings. The van der Waals surface area contributed by atoms with Crippen molar-refractivity contribution in [2.24, 2.45) is 0 Å². The first-order chi connectivity index (χ1) is 9.20. The lowest BCUT2D eigenvalue weighted by molar-refractivity contribution is 0.662. The Morgan fingerprint density at radius 3 is 2.26 bits per heavy atom. The zero-order valence-electron chi connectivity index (χ0n) is 11.4. The zero-order valence-corrected chi connectivity index (χ0v) is 12.2. The van der Waals surface area contributed by atoms with Crippen LogP contribution in [-0.2, 0) is 6.42 Å². The standard InChI is InChI=1S/C17H20ClN/c1-13(2)15-9-6-10-16(12-15)17(19-18)11-14-7-4-3-5-8-14/h3-10,12-13,17,19H,11H2,1-2H3/t17-/m0/s1. The molecule has 1 nitrogen and oxygen atoms in total. The summed E-state index contributed by atoms with van der Waals surface area (Å²) >= 11 is 5.93. The van der Waals surface area contributed by atoms with E-state index in [-0.39, 0.29) is 6.04 Å². The number of hydrogen-bond acceptors (Lipinski definition) is 1. The molecule has 2 aromatic carbocycles. The summed E-state index contributed by atoms with van der Waals surface area (Å²) in [4.78, 5) is 2.91. The van der Waals surface area contributed by atoms with Gasteiger partial charge in [-0.2, -0.15) is 0 Å². The van der Waals surface area contributed by atoms with E-state index in [2.05, 4.69) is 67.2 Å². The Morgan fingerprint density at radius 2 is 1.63 bits per heavy atom. The molecule has 0 bridgehead atoms. The van der Waals surface area contributed by atoms with Crippen LogP contribution in [0.25, 0.3) is 0 Å². The molecule has 0 unspecified atom stereocenters. The zero-order chi connectivity index (χ0) is 13.7. The highest BCUT2D eigenvalue weighted by atomic mass is 35.5. The lowest BCUT2D eigenvalue weighted by Gasteiger charge is -2.17. The van der Waals surface area contributed by atoms with Gasteiger partial charge in [0.15, 0.2) is 0 Å². The molecule has 0 saturated carbocycles. The van der Waals surface area contributed by atoms with Gasteiger partial charge < -0.3 is 0 Å². The fourth-order valence-electron chi connectivity index (χ4n) is 2.20. The second kappa shape index (κ2) is 6.74. The van der Waals surface area contributed by atoms with Crippen molar-refractivity contribution in [1.82, 2.24) is 4.84 Å². The van der Waals surface area contributed by atoms with Crippen LogP contribution >= 0.6 is 11.8 Å². The summed E-state index contributed by atoms with van der Waals surface area (Å²) in [6.07, 6.45) is 0.895. The van der Waals surface area contributed by atoms with Gasteiger partial charge in [-0.3, -0.25) is 0 Å². The van der Waals surface area contributed by atoms with Gasteiger partial charge in [-0.25, -0.2) is 4.84 Å². The number of rotatable bonds is 5. The van der Waals surface area contributed by atoms with Crippen molar-refractivity contribution < 1.29 is 0 Å². The van der Waals surface area contributed by atoms with Crippen molar-refractivity contribution in [2.45, 2.75) is 32.2 Å². The van der Waals surface area contributed by atoms with Crippen molar-refractivity contribution in [1.29, 1.82) is 0 Å². The first-order valence-electron chi connectivity index (χ1n) is 6.70. The van der Waals surface area contributed by atoms with Gasteiger partial charge in [0.1, 0.15) is 0 Å². The van der Waals surface area contributed by atoms with Gasteiger partial charge in [-0.1, -0.05) is 68.4 Å². The maximum absolute atomic E-state index is 5.93. The molecule has 100 valence electrons. The van der Waals surface area contributed by atoms with Crippen LogP contribution in [0.2, 0.25) is 0 Å². The topological polar surface area (TPSA) is 12.0 Å². The van der Waals surface area contributed by atoms with Gasteiger partial charge in [0.2, 0.25) is 0 Å². The summed E-state index contributed by atoms with van der Waals surface area (Å²) in [5.74, 6) is 0.535. The largest absolute Gasteiger partial charge is 0.226 e. The Morgan fingerprint density at radius 1 is 0.947 bits per heavy atom. The molecule has 1 atom stereocenters. The molecule has 0 aliphatic rings. The molecule has 2 rings (SSSR count). The van der Waals surface area contributed by atoms with Crippen molar-refractivity contribution in [2.75, 3.05) is 0 Å². The molecule has 0 saturated heterocycles. The van der Waals surface area contributed by atoms with Crippen LogP contribution in [0.3, 0.4) is 0 Å². The van der Waals surface area contributed by atoms with Crippen molar-refractivity contribution in [3.8, 4) is 0 Å². The molecule has 2 heteroatoms. The summed E-state index contributed by atoms with van der Waals surface area (Å²) < 4.78 is 0. The highest BCUT2D eigenvalue weighted by Crippen LogP contribution is 2.23. The third-order valence-corrected chi connectivity index (χ3v) is 3.66. The van der Waals surface area contributed by atoms with Gasteiger partial charge in [-0.15, -0.1) is 0 Å². The number of nitrogens with one attached hydrogen (secondary N) is 1. The minimum absolute atomic E-state index is 0.141. The molecule has 0 aromatic heterocycles. The van der Waals surface area contributed by atoms with Crippen LogP contribution < -0.4 is 4.84 Å². The molecular weight excluding hydrogens is 254 g/mol. The molecule has 19 heavy (non-hydrogen) atoms. The van der Waals surface area contributed by atoms with E-state index in [4.69, 9.17) is 11.8 Å². The highest BCUT2D eigenvalue weighted by molar-refractivity contribution is 6.13. The van der Waals surface area contributed by atoms with E-state index in [9.17, 15) is 0 Å². The highest BCUT2D eigenvalue weighted by Gasteiger charge is 2.12. The van der Waals surface area contributed by atoms with Crippen LogP contribution in [0.15, 0.2) is 54.6 Å². The fraction of sp³-hybridized carbons (Fsp3) is 0.294. The molecule has 1 N–H and O–H groups in total. The Hall–Kier alpha value is -1.31. The van der Waals surface area contributed by atoms with Gasteiger partial charge in [0, 0.05) is 0 Å². The van der Waals surface area contributed by atoms with Gasteiger partial charge in [0.05, 0.1) is 6.04 Å². The van der Waals surface area contributed by atoms with Gasteiger partial charge in [0.25, 0.3) is 0 Å². The van der Waals surface area contributed by atoms with Crippen molar-refractivity contribution in [3.05, 3.63) is 71.3 Å². The van der Waals surface area contributed by atoms with Crippen LogP contribution in [0.5, 0.6) is 0 Å². The molecule has 0 aliphatic carbocycles. The van der Waals surface area contributed by atoms with Gasteiger partial charge in [-0.05, 0) is 40.8 Å². The molecule has 0 spiro atoms. The smallest absolute Gasteiger partial charge is 0.0510 e. The first-order valence-corrected chi connectivity index (χ1v) is 7.08. The molecule has 0 radical (unpaired) electrons. The number of hydrogen-bond donors (Lipinski definition) is 1. The second-order valence-corrected chi connectivity index (χ2v) is 5.39. The normalized spacial score (nSPS) is 12.6. The minimum Gasteiger partial charge on any atom is -0.226 e. The summed E-state index contributed by atoms with van der Waals surface area (Å²) in [6.45, 7) is 4.42. The molecule has 0 heterocycles. The SMILES string of the molecule is CC(C)c1cccc([C@H](Cc2ccccc2)NCl)c1. The summed E-state index contributed by atoms with van der Waals surface area (Å²) in [7, 11) is 0. The van der Waals surface area contributed by atoms with E-state index in [0.717, 1.165) is 6.42 Å². The average molecular weight is 274 g/mol. The molecule has 0 aliphatic heterocycles. The maximum atomic E-state index is 5.93. The molecular formula is C17H20ClN. The van der Waals surface area contributed by atoms with Crippen LogP contribution in [0, 0.1) is 0 Å². The van der Waals surface area contributed by atoms with E-state index in [0.29, 0.717) is 5.92 Å². The minimum atomic E-state index is 0.141. The summed E-state index contributed by atoms with van der Waals surface area (Å²) in [5, 5.41) is 0. The fourth-order valence-corrected chi connectivity index (χ4v) is 2.41. The van der Waals surface area contributed by atoms with E-state index in [1.165, 1.54) is 16.7 Å². The van der Waals surface area contributed by atoms with E-state index in [1.807, 2.05) is 6.07 Å².